The molecule has 0 spiro atoms. The van der Waals surface area contributed by atoms with E-state index in [2.05, 4.69) is 71.3 Å². The second kappa shape index (κ2) is 8.43. The van der Waals surface area contributed by atoms with E-state index in [0.29, 0.717) is 5.92 Å². The summed E-state index contributed by atoms with van der Waals surface area (Å²) in [6, 6.07) is 10.8. The summed E-state index contributed by atoms with van der Waals surface area (Å²) in [5.74, 6) is 1.35. The lowest BCUT2D eigenvalue weighted by atomic mass is 9.92. The maximum atomic E-state index is 5.42. The second-order valence-electron chi connectivity index (χ2n) is 9.05. The number of aromatic nitrogens is 4. The van der Waals surface area contributed by atoms with Crippen LogP contribution in [0.25, 0.3) is 22.0 Å². The first-order valence-electron chi connectivity index (χ1n) is 11.3. The van der Waals surface area contributed by atoms with Crippen molar-refractivity contribution >= 4 is 10.9 Å². The van der Waals surface area contributed by atoms with E-state index in [1.165, 1.54) is 40.6 Å². The molecule has 6 heteroatoms. The molecule has 6 nitrogen and oxygen atoms in total. The molecule has 4 heterocycles. The third-order valence-corrected chi connectivity index (χ3v) is 6.61. The van der Waals surface area contributed by atoms with Crippen LogP contribution in [0, 0.1) is 6.92 Å². The summed E-state index contributed by atoms with van der Waals surface area (Å²) >= 11 is 0. The van der Waals surface area contributed by atoms with Crippen molar-refractivity contribution in [3.8, 4) is 16.9 Å². The molecule has 5 rings (SSSR count). The van der Waals surface area contributed by atoms with Crippen LogP contribution in [-0.4, -0.2) is 44.4 Å². The van der Waals surface area contributed by atoms with E-state index in [0.717, 1.165) is 36.6 Å². The van der Waals surface area contributed by atoms with Crippen molar-refractivity contribution in [2.75, 3.05) is 20.2 Å². The number of likely N-dealkylation sites (tertiary alicyclic amines) is 1. The van der Waals surface area contributed by atoms with Crippen LogP contribution in [0.1, 0.15) is 35.7 Å². The summed E-state index contributed by atoms with van der Waals surface area (Å²) in [5, 5.41) is 5.65. The van der Waals surface area contributed by atoms with Gasteiger partial charge in [-0.15, -0.1) is 0 Å². The fourth-order valence-corrected chi connectivity index (χ4v) is 5.02. The highest BCUT2D eigenvalue weighted by Crippen LogP contribution is 2.32. The van der Waals surface area contributed by atoms with Gasteiger partial charge >= 0.3 is 0 Å². The molecule has 3 aromatic heterocycles. The van der Waals surface area contributed by atoms with Gasteiger partial charge in [-0.2, -0.15) is 5.10 Å². The Kier molecular flexibility index (Phi) is 5.47. The highest BCUT2D eigenvalue weighted by Gasteiger charge is 2.24. The van der Waals surface area contributed by atoms with Crippen molar-refractivity contribution in [2.45, 2.75) is 32.2 Å². The Morgan fingerprint density at radius 1 is 1.09 bits per heavy atom. The van der Waals surface area contributed by atoms with Crippen LogP contribution in [0.15, 0.2) is 48.9 Å². The van der Waals surface area contributed by atoms with Crippen LogP contribution in [0.5, 0.6) is 5.75 Å². The third kappa shape index (κ3) is 4.02. The molecule has 1 unspecified atom stereocenters. The smallest absolute Gasteiger partial charge is 0.120 e. The highest BCUT2D eigenvalue weighted by atomic mass is 16.5. The third-order valence-electron chi connectivity index (χ3n) is 6.61. The van der Waals surface area contributed by atoms with Crippen LogP contribution in [-0.2, 0) is 20.6 Å². The molecule has 1 fully saturated rings. The Labute approximate surface area is 189 Å². The van der Waals surface area contributed by atoms with Crippen molar-refractivity contribution < 1.29 is 4.74 Å². The molecule has 1 aliphatic rings. The number of fused-ring (bicyclic) bond motifs is 1. The number of rotatable bonds is 5. The standard InChI is InChI=1S/C26H31N5O/c1-18-10-20(21-13-27-30(3)15-21)11-25(28-18)19-6-5-9-31(16-19)17-22-14-29(2)26-12-23(32-4)7-8-24(22)26/h7-8,10-15,19H,5-6,9,16-17H2,1-4H3. The number of nitrogens with zero attached hydrogens (tertiary/aromatic N) is 5. The largest absolute Gasteiger partial charge is 0.497 e. The van der Waals surface area contributed by atoms with Gasteiger partial charge in [0, 0.05) is 73.9 Å². The number of hydrogen-bond acceptors (Lipinski definition) is 4. The molecular formula is C26H31N5O. The maximum Gasteiger partial charge on any atom is 0.120 e. The number of piperidine rings is 1. The van der Waals surface area contributed by atoms with Crippen LogP contribution in [0.3, 0.4) is 0 Å². The Morgan fingerprint density at radius 3 is 2.75 bits per heavy atom. The summed E-state index contributed by atoms with van der Waals surface area (Å²) in [7, 11) is 5.79. The van der Waals surface area contributed by atoms with Crippen molar-refractivity contribution in [1.29, 1.82) is 0 Å². The van der Waals surface area contributed by atoms with E-state index in [-0.39, 0.29) is 0 Å². The van der Waals surface area contributed by atoms with E-state index in [4.69, 9.17) is 9.72 Å². The van der Waals surface area contributed by atoms with Crippen molar-refractivity contribution in [3.63, 3.8) is 0 Å². The molecule has 32 heavy (non-hydrogen) atoms. The first-order valence-corrected chi connectivity index (χ1v) is 11.3. The average Bonchev–Trinajstić information content (AvgIpc) is 3.36. The van der Waals surface area contributed by atoms with E-state index in [1.807, 2.05) is 17.9 Å². The Hall–Kier alpha value is -3.12. The number of hydrogen-bond donors (Lipinski definition) is 0. The minimum absolute atomic E-state index is 0.453. The fraction of sp³-hybridized carbons (Fsp3) is 0.385. The summed E-state index contributed by atoms with van der Waals surface area (Å²) in [5.41, 5.74) is 7.23. The lowest BCUT2D eigenvalue weighted by Crippen LogP contribution is -2.34. The van der Waals surface area contributed by atoms with Crippen LogP contribution < -0.4 is 4.74 Å². The van der Waals surface area contributed by atoms with Gasteiger partial charge in [0.05, 0.1) is 18.8 Å². The lowest BCUT2D eigenvalue weighted by molar-refractivity contribution is 0.199. The number of pyridine rings is 1. The lowest BCUT2D eigenvalue weighted by Gasteiger charge is -2.32. The topological polar surface area (TPSA) is 48.1 Å². The molecule has 0 N–H and O–H groups in total. The second-order valence-corrected chi connectivity index (χ2v) is 9.05. The molecule has 0 bridgehead atoms. The van der Waals surface area contributed by atoms with Crippen LogP contribution in [0.2, 0.25) is 0 Å². The van der Waals surface area contributed by atoms with Gasteiger partial charge in [-0.3, -0.25) is 14.6 Å². The van der Waals surface area contributed by atoms with Crippen LogP contribution in [0.4, 0.5) is 0 Å². The van der Waals surface area contributed by atoms with E-state index >= 15 is 0 Å². The van der Waals surface area contributed by atoms with E-state index in [1.54, 1.807) is 7.11 Å². The van der Waals surface area contributed by atoms with Gasteiger partial charge in [-0.05, 0) is 61.7 Å². The minimum atomic E-state index is 0.453. The van der Waals surface area contributed by atoms with Gasteiger partial charge in [0.1, 0.15) is 5.75 Å². The van der Waals surface area contributed by atoms with E-state index in [9.17, 15) is 0 Å². The van der Waals surface area contributed by atoms with Crippen molar-refractivity contribution in [2.24, 2.45) is 14.1 Å². The molecule has 0 saturated carbocycles. The first kappa shape index (κ1) is 20.8. The van der Waals surface area contributed by atoms with Gasteiger partial charge in [0.25, 0.3) is 0 Å². The van der Waals surface area contributed by atoms with Gasteiger partial charge < -0.3 is 9.30 Å². The van der Waals surface area contributed by atoms with Gasteiger partial charge in [0.2, 0.25) is 0 Å². The Morgan fingerprint density at radius 2 is 1.97 bits per heavy atom. The number of aryl methyl sites for hydroxylation is 3. The molecule has 1 aromatic carbocycles. The molecule has 1 saturated heterocycles. The van der Waals surface area contributed by atoms with E-state index < -0.39 is 0 Å². The SMILES string of the molecule is COc1ccc2c(CN3CCCC(c4cc(-c5cnn(C)c5)cc(C)n4)C3)cn(C)c2c1. The van der Waals surface area contributed by atoms with Gasteiger partial charge in [-0.1, -0.05) is 0 Å². The zero-order valence-electron chi connectivity index (χ0n) is 19.4. The monoisotopic (exact) mass is 429 g/mol. The molecular weight excluding hydrogens is 398 g/mol. The predicted molar refractivity (Wildman–Crippen MR) is 128 cm³/mol. The Bertz CT molecular complexity index is 1250. The molecule has 0 radical (unpaired) electrons. The summed E-state index contributed by atoms with van der Waals surface area (Å²) in [6.07, 6.45) is 8.65. The van der Waals surface area contributed by atoms with Crippen molar-refractivity contribution in [1.82, 2.24) is 24.2 Å². The number of benzene rings is 1. The highest BCUT2D eigenvalue weighted by molar-refractivity contribution is 5.85. The zero-order valence-corrected chi connectivity index (χ0v) is 19.4. The molecule has 1 atom stereocenters. The average molecular weight is 430 g/mol. The normalized spacial score (nSPS) is 17.2. The van der Waals surface area contributed by atoms with Gasteiger partial charge in [-0.25, -0.2) is 0 Å². The molecule has 166 valence electrons. The predicted octanol–water partition coefficient (Wildman–Crippen LogP) is 4.67. The first-order chi connectivity index (χ1) is 15.5. The molecule has 0 amide bonds. The zero-order chi connectivity index (χ0) is 22.2. The fourth-order valence-electron chi connectivity index (χ4n) is 5.02. The summed E-state index contributed by atoms with van der Waals surface area (Å²) in [4.78, 5) is 7.52. The summed E-state index contributed by atoms with van der Waals surface area (Å²) < 4.78 is 9.48. The molecule has 1 aliphatic heterocycles. The summed E-state index contributed by atoms with van der Waals surface area (Å²) in [6.45, 7) is 5.22. The van der Waals surface area contributed by atoms with Crippen molar-refractivity contribution in [3.05, 3.63) is 65.9 Å². The van der Waals surface area contributed by atoms with Gasteiger partial charge in [0.15, 0.2) is 0 Å². The maximum absolute atomic E-state index is 5.42. The quantitative estimate of drug-likeness (QED) is 0.463. The van der Waals surface area contributed by atoms with Crippen LogP contribution >= 0.6 is 0 Å². The molecule has 4 aromatic rings. The molecule has 0 aliphatic carbocycles. The Balaban J connectivity index is 1.37. The number of ether oxygens (including phenoxy) is 1. The number of methoxy groups -OCH3 is 1. The minimum Gasteiger partial charge on any atom is -0.497 e.